The standard InChI is InChI=1S/C15H18N2O3S/c1-17(2)21(18,19)13-8-9-15(14(16)10-13)20-11-12-6-4-3-5-7-12/h3-10H,11,16H2,1-2H3. The number of ether oxygens (including phenoxy) is 1. The lowest BCUT2D eigenvalue weighted by Gasteiger charge is -2.14. The molecule has 5 nitrogen and oxygen atoms in total. The minimum atomic E-state index is -3.49. The highest BCUT2D eigenvalue weighted by Gasteiger charge is 2.18. The summed E-state index contributed by atoms with van der Waals surface area (Å²) in [7, 11) is -0.530. The molecule has 0 atom stereocenters. The molecule has 0 heterocycles. The predicted octanol–water partition coefficient (Wildman–Crippen LogP) is 2.10. The number of rotatable bonds is 5. The fourth-order valence-electron chi connectivity index (χ4n) is 1.76. The van der Waals surface area contributed by atoms with Gasteiger partial charge < -0.3 is 10.5 Å². The molecule has 21 heavy (non-hydrogen) atoms. The summed E-state index contributed by atoms with van der Waals surface area (Å²) in [4.78, 5) is 0.150. The molecule has 112 valence electrons. The highest BCUT2D eigenvalue weighted by Crippen LogP contribution is 2.26. The highest BCUT2D eigenvalue weighted by molar-refractivity contribution is 7.89. The van der Waals surface area contributed by atoms with Crippen molar-refractivity contribution >= 4 is 15.7 Å². The van der Waals surface area contributed by atoms with Gasteiger partial charge in [0.2, 0.25) is 10.0 Å². The number of hydrogen-bond acceptors (Lipinski definition) is 4. The zero-order valence-electron chi connectivity index (χ0n) is 12.0. The third kappa shape index (κ3) is 3.53. The highest BCUT2D eigenvalue weighted by atomic mass is 32.2. The Hall–Kier alpha value is -2.05. The Kier molecular flexibility index (Phi) is 4.50. The van der Waals surface area contributed by atoms with Gasteiger partial charge in [-0.15, -0.1) is 0 Å². The van der Waals surface area contributed by atoms with E-state index in [9.17, 15) is 8.42 Å². The van der Waals surface area contributed by atoms with Crippen LogP contribution < -0.4 is 10.5 Å². The van der Waals surface area contributed by atoms with E-state index >= 15 is 0 Å². The molecule has 0 aliphatic heterocycles. The van der Waals surface area contributed by atoms with E-state index in [0.717, 1.165) is 9.87 Å². The topological polar surface area (TPSA) is 72.6 Å². The van der Waals surface area contributed by atoms with Crippen LogP contribution in [-0.4, -0.2) is 26.8 Å². The minimum Gasteiger partial charge on any atom is -0.487 e. The van der Waals surface area contributed by atoms with Gasteiger partial charge in [0.05, 0.1) is 10.6 Å². The Morgan fingerprint density at radius 2 is 1.76 bits per heavy atom. The lowest BCUT2D eigenvalue weighted by molar-refractivity contribution is 0.308. The third-order valence-electron chi connectivity index (χ3n) is 3.00. The zero-order valence-corrected chi connectivity index (χ0v) is 12.8. The SMILES string of the molecule is CN(C)S(=O)(=O)c1ccc(OCc2ccccc2)c(N)c1. The van der Waals surface area contributed by atoms with Crippen LogP contribution in [0.4, 0.5) is 5.69 Å². The van der Waals surface area contributed by atoms with E-state index in [-0.39, 0.29) is 4.90 Å². The van der Waals surface area contributed by atoms with Crippen LogP contribution in [0.3, 0.4) is 0 Å². The van der Waals surface area contributed by atoms with Crippen molar-refractivity contribution in [2.24, 2.45) is 0 Å². The van der Waals surface area contributed by atoms with Crippen molar-refractivity contribution in [3.63, 3.8) is 0 Å². The second-order valence-corrected chi connectivity index (χ2v) is 6.91. The second kappa shape index (κ2) is 6.15. The molecule has 2 aromatic carbocycles. The van der Waals surface area contributed by atoms with Crippen molar-refractivity contribution in [3.8, 4) is 5.75 Å². The van der Waals surface area contributed by atoms with Crippen molar-refractivity contribution in [2.45, 2.75) is 11.5 Å². The average molecular weight is 306 g/mol. The summed E-state index contributed by atoms with van der Waals surface area (Å²) in [6, 6.07) is 14.2. The first kappa shape index (κ1) is 15.3. The summed E-state index contributed by atoms with van der Waals surface area (Å²) < 4.78 is 30.8. The number of sulfonamides is 1. The van der Waals surface area contributed by atoms with Gasteiger partial charge in [-0.1, -0.05) is 30.3 Å². The summed E-state index contributed by atoms with van der Waals surface area (Å²) in [6.07, 6.45) is 0. The Morgan fingerprint density at radius 3 is 2.33 bits per heavy atom. The monoisotopic (exact) mass is 306 g/mol. The molecule has 0 amide bonds. The Morgan fingerprint density at radius 1 is 1.10 bits per heavy atom. The van der Waals surface area contributed by atoms with Crippen molar-refractivity contribution < 1.29 is 13.2 Å². The van der Waals surface area contributed by atoms with Gasteiger partial charge in [0.25, 0.3) is 0 Å². The van der Waals surface area contributed by atoms with Crippen LogP contribution in [-0.2, 0) is 16.6 Å². The molecule has 0 unspecified atom stereocenters. The molecule has 0 aromatic heterocycles. The van der Waals surface area contributed by atoms with Crippen LogP contribution in [0.5, 0.6) is 5.75 Å². The normalized spacial score (nSPS) is 11.6. The van der Waals surface area contributed by atoms with Gasteiger partial charge in [-0.2, -0.15) is 0 Å². The minimum absolute atomic E-state index is 0.150. The van der Waals surface area contributed by atoms with Crippen molar-refractivity contribution in [1.29, 1.82) is 0 Å². The lowest BCUT2D eigenvalue weighted by Crippen LogP contribution is -2.22. The molecule has 2 rings (SSSR count). The maximum Gasteiger partial charge on any atom is 0.242 e. The predicted molar refractivity (Wildman–Crippen MR) is 82.5 cm³/mol. The van der Waals surface area contributed by atoms with Crippen LogP contribution in [0.1, 0.15) is 5.56 Å². The van der Waals surface area contributed by atoms with Gasteiger partial charge in [-0.05, 0) is 23.8 Å². The van der Waals surface area contributed by atoms with E-state index in [1.165, 1.54) is 26.2 Å². The molecule has 0 radical (unpaired) electrons. The fourth-order valence-corrected chi connectivity index (χ4v) is 2.70. The molecule has 6 heteroatoms. The number of nitrogens with two attached hydrogens (primary N) is 1. The summed E-state index contributed by atoms with van der Waals surface area (Å²) in [5, 5.41) is 0. The largest absolute Gasteiger partial charge is 0.487 e. The molecule has 0 saturated carbocycles. The molecule has 0 aliphatic carbocycles. The van der Waals surface area contributed by atoms with Gasteiger partial charge in [0.15, 0.2) is 0 Å². The van der Waals surface area contributed by atoms with E-state index in [0.29, 0.717) is 18.0 Å². The van der Waals surface area contributed by atoms with E-state index in [2.05, 4.69) is 0 Å². The van der Waals surface area contributed by atoms with Crippen molar-refractivity contribution in [1.82, 2.24) is 4.31 Å². The quantitative estimate of drug-likeness (QED) is 0.859. The molecular weight excluding hydrogens is 288 g/mol. The lowest BCUT2D eigenvalue weighted by atomic mass is 10.2. The first-order valence-corrected chi connectivity index (χ1v) is 7.84. The summed E-state index contributed by atoms with van der Waals surface area (Å²) in [6.45, 7) is 0.380. The Balaban J connectivity index is 2.17. The van der Waals surface area contributed by atoms with Crippen LogP contribution in [0.2, 0.25) is 0 Å². The zero-order chi connectivity index (χ0) is 15.5. The van der Waals surface area contributed by atoms with Crippen LogP contribution >= 0.6 is 0 Å². The van der Waals surface area contributed by atoms with Crippen LogP contribution in [0.25, 0.3) is 0 Å². The second-order valence-electron chi connectivity index (χ2n) is 4.76. The number of nitrogen functional groups attached to an aromatic ring is 1. The molecule has 0 aliphatic rings. The molecular formula is C15H18N2O3S. The van der Waals surface area contributed by atoms with Crippen LogP contribution in [0, 0.1) is 0 Å². The molecule has 0 bridgehead atoms. The van der Waals surface area contributed by atoms with E-state index in [4.69, 9.17) is 10.5 Å². The maximum atomic E-state index is 12.0. The van der Waals surface area contributed by atoms with E-state index in [1.54, 1.807) is 6.07 Å². The molecule has 2 aromatic rings. The van der Waals surface area contributed by atoms with Crippen LogP contribution in [0.15, 0.2) is 53.4 Å². The summed E-state index contributed by atoms with van der Waals surface area (Å²) in [5.74, 6) is 0.469. The molecule has 0 fully saturated rings. The van der Waals surface area contributed by atoms with Gasteiger partial charge in [0, 0.05) is 14.1 Å². The summed E-state index contributed by atoms with van der Waals surface area (Å²) >= 11 is 0. The summed E-state index contributed by atoms with van der Waals surface area (Å²) in [5.41, 5.74) is 7.19. The smallest absolute Gasteiger partial charge is 0.242 e. The fraction of sp³-hybridized carbons (Fsp3) is 0.200. The van der Waals surface area contributed by atoms with Crippen molar-refractivity contribution in [2.75, 3.05) is 19.8 Å². The van der Waals surface area contributed by atoms with E-state index in [1.807, 2.05) is 30.3 Å². The molecule has 0 spiro atoms. The average Bonchev–Trinajstić information content (AvgIpc) is 2.46. The molecule has 0 saturated heterocycles. The van der Waals surface area contributed by atoms with Gasteiger partial charge in [-0.25, -0.2) is 12.7 Å². The van der Waals surface area contributed by atoms with Gasteiger partial charge in [-0.3, -0.25) is 0 Å². The number of anilines is 1. The number of benzene rings is 2. The third-order valence-corrected chi connectivity index (χ3v) is 4.81. The Labute approximate surface area is 125 Å². The van der Waals surface area contributed by atoms with Crippen molar-refractivity contribution in [3.05, 3.63) is 54.1 Å². The Bertz CT molecular complexity index is 713. The number of nitrogens with zero attached hydrogens (tertiary/aromatic N) is 1. The van der Waals surface area contributed by atoms with Gasteiger partial charge >= 0.3 is 0 Å². The van der Waals surface area contributed by atoms with Gasteiger partial charge in [0.1, 0.15) is 12.4 Å². The first-order valence-electron chi connectivity index (χ1n) is 6.40. The molecule has 2 N–H and O–H groups in total. The van der Waals surface area contributed by atoms with E-state index < -0.39 is 10.0 Å². The maximum absolute atomic E-state index is 12.0. The number of hydrogen-bond donors (Lipinski definition) is 1. The first-order chi connectivity index (χ1) is 9.91.